The van der Waals surface area contributed by atoms with E-state index in [1.807, 2.05) is 20.8 Å². The van der Waals surface area contributed by atoms with Crippen molar-refractivity contribution in [2.45, 2.75) is 32.8 Å². The average molecular weight is 214 g/mol. The molecule has 0 bridgehead atoms. The Hall–Kier alpha value is -0.770. The monoisotopic (exact) mass is 214 g/mol. The Bertz CT molecular complexity index is 217. The normalized spacial score (nSPS) is 21.5. The van der Waals surface area contributed by atoms with E-state index in [4.69, 9.17) is 4.74 Å². The number of hydrogen-bond acceptors (Lipinski definition) is 3. The molecule has 1 fully saturated rings. The van der Waals surface area contributed by atoms with Crippen LogP contribution >= 0.6 is 0 Å². The van der Waals surface area contributed by atoms with Crippen LogP contribution in [0.2, 0.25) is 0 Å². The van der Waals surface area contributed by atoms with Crippen LogP contribution in [0.5, 0.6) is 0 Å². The average Bonchev–Trinajstić information content (AvgIpc) is 2.53. The molecule has 1 saturated heterocycles. The van der Waals surface area contributed by atoms with E-state index in [0.717, 1.165) is 26.1 Å². The molecule has 0 aliphatic carbocycles. The molecule has 88 valence electrons. The Morgan fingerprint density at radius 3 is 2.67 bits per heavy atom. The summed E-state index contributed by atoms with van der Waals surface area (Å²) < 4.78 is 5.28. The lowest BCUT2D eigenvalue weighted by Crippen LogP contribution is -2.37. The molecule has 1 unspecified atom stereocenters. The number of amides is 1. The summed E-state index contributed by atoms with van der Waals surface area (Å²) in [4.78, 5) is 13.3. The molecule has 0 radical (unpaired) electrons. The quantitative estimate of drug-likeness (QED) is 0.756. The van der Waals surface area contributed by atoms with Gasteiger partial charge in [-0.1, -0.05) is 0 Å². The Labute approximate surface area is 92.0 Å². The Kier molecular flexibility index (Phi) is 3.97. The predicted molar refractivity (Wildman–Crippen MR) is 59.8 cm³/mol. The number of carbonyl (C=O) groups excluding carboxylic acids is 1. The first-order valence-corrected chi connectivity index (χ1v) is 5.53. The number of rotatable bonds is 2. The standard InChI is InChI=1S/C11H22N2O2/c1-11(2,3)15-10(14)13(4)8-9-5-6-12-7-9/h9,12H,5-8H2,1-4H3. The minimum atomic E-state index is -0.404. The molecule has 4 nitrogen and oxygen atoms in total. The molecule has 1 amide bonds. The number of nitrogens with zero attached hydrogens (tertiary/aromatic N) is 1. The molecular weight excluding hydrogens is 192 g/mol. The van der Waals surface area contributed by atoms with Crippen molar-refractivity contribution in [1.29, 1.82) is 0 Å². The maximum absolute atomic E-state index is 11.6. The minimum absolute atomic E-state index is 0.227. The van der Waals surface area contributed by atoms with Crippen LogP contribution in [0.1, 0.15) is 27.2 Å². The van der Waals surface area contributed by atoms with Crippen molar-refractivity contribution in [1.82, 2.24) is 10.2 Å². The van der Waals surface area contributed by atoms with Gasteiger partial charge >= 0.3 is 6.09 Å². The number of nitrogens with one attached hydrogen (secondary N) is 1. The van der Waals surface area contributed by atoms with Gasteiger partial charge in [-0.25, -0.2) is 4.79 Å². The van der Waals surface area contributed by atoms with Gasteiger partial charge < -0.3 is 15.0 Å². The molecule has 1 atom stereocenters. The second-order valence-electron chi connectivity index (χ2n) is 5.22. The third-order valence-electron chi connectivity index (χ3n) is 2.40. The van der Waals surface area contributed by atoms with Gasteiger partial charge in [0.1, 0.15) is 5.60 Å². The van der Waals surface area contributed by atoms with Crippen LogP contribution in [0.3, 0.4) is 0 Å². The number of ether oxygens (including phenoxy) is 1. The third kappa shape index (κ3) is 4.51. The molecule has 4 heteroatoms. The molecule has 0 saturated carbocycles. The predicted octanol–water partition coefficient (Wildman–Crippen LogP) is 1.46. The van der Waals surface area contributed by atoms with Gasteiger partial charge in [0.25, 0.3) is 0 Å². The van der Waals surface area contributed by atoms with Crippen molar-refractivity contribution >= 4 is 6.09 Å². The lowest BCUT2D eigenvalue weighted by molar-refractivity contribution is 0.0277. The summed E-state index contributed by atoms with van der Waals surface area (Å²) in [6, 6.07) is 0. The lowest BCUT2D eigenvalue weighted by Gasteiger charge is -2.26. The van der Waals surface area contributed by atoms with Crippen LogP contribution in [0.4, 0.5) is 4.79 Å². The molecule has 0 aromatic carbocycles. The van der Waals surface area contributed by atoms with E-state index in [1.54, 1.807) is 11.9 Å². The molecule has 1 rings (SSSR count). The zero-order valence-electron chi connectivity index (χ0n) is 10.2. The molecule has 1 heterocycles. The first-order valence-electron chi connectivity index (χ1n) is 5.53. The fourth-order valence-electron chi connectivity index (χ4n) is 1.67. The summed E-state index contributed by atoms with van der Waals surface area (Å²) in [5, 5.41) is 3.29. The summed E-state index contributed by atoms with van der Waals surface area (Å²) >= 11 is 0. The van der Waals surface area contributed by atoms with Crippen LogP contribution in [0.25, 0.3) is 0 Å². The van der Waals surface area contributed by atoms with Crippen molar-refractivity contribution < 1.29 is 9.53 Å². The molecular formula is C11H22N2O2. The second kappa shape index (κ2) is 4.84. The van der Waals surface area contributed by atoms with Crippen LogP contribution < -0.4 is 5.32 Å². The van der Waals surface area contributed by atoms with E-state index in [-0.39, 0.29) is 6.09 Å². The number of hydrogen-bond donors (Lipinski definition) is 1. The molecule has 0 spiro atoms. The van der Waals surface area contributed by atoms with Gasteiger partial charge in [0, 0.05) is 13.6 Å². The van der Waals surface area contributed by atoms with Crippen molar-refractivity contribution in [3.8, 4) is 0 Å². The van der Waals surface area contributed by atoms with Crippen molar-refractivity contribution in [3.63, 3.8) is 0 Å². The van der Waals surface area contributed by atoms with Gasteiger partial charge in [-0.3, -0.25) is 0 Å². The molecule has 1 aliphatic heterocycles. The topological polar surface area (TPSA) is 41.6 Å². The zero-order chi connectivity index (χ0) is 11.5. The van der Waals surface area contributed by atoms with Crippen LogP contribution in [0, 0.1) is 5.92 Å². The van der Waals surface area contributed by atoms with E-state index in [1.165, 1.54) is 0 Å². The van der Waals surface area contributed by atoms with Crippen LogP contribution in [0.15, 0.2) is 0 Å². The zero-order valence-corrected chi connectivity index (χ0v) is 10.2. The molecule has 0 aromatic rings. The van der Waals surface area contributed by atoms with E-state index in [9.17, 15) is 4.79 Å². The highest BCUT2D eigenvalue weighted by molar-refractivity contribution is 5.67. The Balaban J connectivity index is 2.32. The fraction of sp³-hybridized carbons (Fsp3) is 0.909. The van der Waals surface area contributed by atoms with Gasteiger partial charge in [0.2, 0.25) is 0 Å². The molecule has 1 aliphatic rings. The minimum Gasteiger partial charge on any atom is -0.444 e. The smallest absolute Gasteiger partial charge is 0.410 e. The van der Waals surface area contributed by atoms with E-state index >= 15 is 0 Å². The van der Waals surface area contributed by atoms with Gasteiger partial charge in [0.15, 0.2) is 0 Å². The first-order chi connectivity index (χ1) is 6.88. The van der Waals surface area contributed by atoms with Gasteiger partial charge in [-0.2, -0.15) is 0 Å². The molecule has 15 heavy (non-hydrogen) atoms. The maximum atomic E-state index is 11.6. The molecule has 1 N–H and O–H groups in total. The highest BCUT2D eigenvalue weighted by Gasteiger charge is 2.23. The second-order valence-corrected chi connectivity index (χ2v) is 5.22. The van der Waals surface area contributed by atoms with Crippen molar-refractivity contribution in [2.75, 3.05) is 26.7 Å². The van der Waals surface area contributed by atoms with Crippen molar-refractivity contribution in [3.05, 3.63) is 0 Å². The summed E-state index contributed by atoms with van der Waals surface area (Å²) in [5.74, 6) is 0.572. The van der Waals surface area contributed by atoms with E-state index in [0.29, 0.717) is 5.92 Å². The summed E-state index contributed by atoms with van der Waals surface area (Å²) in [5.41, 5.74) is -0.404. The third-order valence-corrected chi connectivity index (χ3v) is 2.40. The van der Waals surface area contributed by atoms with E-state index in [2.05, 4.69) is 5.32 Å². The maximum Gasteiger partial charge on any atom is 0.410 e. The van der Waals surface area contributed by atoms with E-state index < -0.39 is 5.60 Å². The largest absolute Gasteiger partial charge is 0.444 e. The van der Waals surface area contributed by atoms with Gasteiger partial charge in [-0.05, 0) is 46.2 Å². The highest BCUT2D eigenvalue weighted by atomic mass is 16.6. The molecule has 0 aromatic heterocycles. The van der Waals surface area contributed by atoms with Crippen LogP contribution in [-0.4, -0.2) is 43.3 Å². The Morgan fingerprint density at radius 2 is 2.20 bits per heavy atom. The van der Waals surface area contributed by atoms with Crippen LogP contribution in [-0.2, 0) is 4.74 Å². The Morgan fingerprint density at radius 1 is 1.53 bits per heavy atom. The lowest BCUT2D eigenvalue weighted by atomic mass is 10.1. The summed E-state index contributed by atoms with van der Waals surface area (Å²) in [7, 11) is 1.80. The SMILES string of the molecule is CN(CC1CCNC1)C(=O)OC(C)(C)C. The van der Waals surface area contributed by atoms with Gasteiger partial charge in [-0.15, -0.1) is 0 Å². The summed E-state index contributed by atoms with van der Waals surface area (Å²) in [6.07, 6.45) is 0.919. The van der Waals surface area contributed by atoms with Gasteiger partial charge in [0.05, 0.1) is 0 Å². The first kappa shape index (κ1) is 12.3. The summed E-state index contributed by atoms with van der Waals surface area (Å²) in [6.45, 7) is 8.50. The van der Waals surface area contributed by atoms with Crippen molar-refractivity contribution in [2.24, 2.45) is 5.92 Å². The number of carbonyl (C=O) groups is 1. The highest BCUT2D eigenvalue weighted by Crippen LogP contribution is 2.12. The fourth-order valence-corrected chi connectivity index (χ4v) is 1.67.